The zero-order valence-corrected chi connectivity index (χ0v) is 18.2. The Kier molecular flexibility index (Phi) is 5.87. The Bertz CT molecular complexity index is 1400. The van der Waals surface area contributed by atoms with Gasteiger partial charge in [0.2, 0.25) is 0 Å². The molecule has 2 aromatic carbocycles. The fourth-order valence-electron chi connectivity index (χ4n) is 4.02. The van der Waals surface area contributed by atoms with Crippen molar-refractivity contribution in [1.82, 2.24) is 10.1 Å². The summed E-state index contributed by atoms with van der Waals surface area (Å²) < 4.78 is 29.1. The van der Waals surface area contributed by atoms with Crippen molar-refractivity contribution in [2.24, 2.45) is 5.92 Å². The van der Waals surface area contributed by atoms with Crippen LogP contribution in [0.2, 0.25) is 0 Å². The quantitative estimate of drug-likeness (QED) is 0.516. The summed E-state index contributed by atoms with van der Waals surface area (Å²) in [5.41, 5.74) is 2.32. The Morgan fingerprint density at radius 3 is 2.77 bits per heavy atom. The fraction of sp³-hybridized carbons (Fsp3) is 0.174. The third kappa shape index (κ3) is 4.31. The van der Waals surface area contributed by atoms with Gasteiger partial charge in [0.25, 0.3) is 0 Å². The van der Waals surface area contributed by atoms with Gasteiger partial charge in [0.1, 0.15) is 0 Å². The maximum atomic E-state index is 14.1. The van der Waals surface area contributed by atoms with Crippen LogP contribution in [0, 0.1) is 11.7 Å². The molecule has 5 rings (SSSR count). The predicted octanol–water partition coefficient (Wildman–Crippen LogP) is 1.73. The Morgan fingerprint density at radius 1 is 1.26 bits per heavy atom. The summed E-state index contributed by atoms with van der Waals surface area (Å²) in [6.45, 7) is 4.14. The molecular formula is C23H18BFN4O6. The van der Waals surface area contributed by atoms with Gasteiger partial charge in [-0.15, -0.1) is 0 Å². The van der Waals surface area contributed by atoms with Gasteiger partial charge < -0.3 is 0 Å². The van der Waals surface area contributed by atoms with Crippen LogP contribution in [-0.2, 0) is 14.2 Å². The maximum absolute atomic E-state index is 14.1. The molecule has 1 amide bonds. The molecule has 1 aliphatic carbocycles. The first kappa shape index (κ1) is 22.5. The molecule has 0 saturated carbocycles. The van der Waals surface area contributed by atoms with Crippen LogP contribution < -0.4 is 16.0 Å². The second-order valence-corrected chi connectivity index (χ2v) is 7.81. The van der Waals surface area contributed by atoms with E-state index < -0.39 is 29.6 Å². The first-order chi connectivity index (χ1) is 16.9. The predicted molar refractivity (Wildman–Crippen MR) is 125 cm³/mol. The van der Waals surface area contributed by atoms with Crippen molar-refractivity contribution in [2.45, 2.75) is 6.10 Å². The van der Waals surface area contributed by atoms with Crippen LogP contribution in [0.1, 0.15) is 10.4 Å². The molecule has 0 spiro atoms. The molecule has 1 saturated heterocycles. The monoisotopic (exact) mass is 476 g/mol. The molecule has 1 aliphatic heterocycles. The van der Waals surface area contributed by atoms with Crippen LogP contribution in [-0.4, -0.2) is 54.9 Å². The molecule has 35 heavy (non-hydrogen) atoms. The van der Waals surface area contributed by atoms with Crippen molar-refractivity contribution in [3.63, 3.8) is 0 Å². The number of fused-ring (bicyclic) bond motifs is 1. The van der Waals surface area contributed by atoms with Crippen molar-refractivity contribution in [2.75, 3.05) is 23.4 Å². The van der Waals surface area contributed by atoms with Gasteiger partial charge in [0.15, 0.2) is 5.82 Å². The molecule has 12 heteroatoms. The standard InChI is InChI=1S/C23H18BFN4O6/c1-24-34-22(31)15-10-14(6-7-17(15)25)29-8-9-33-19-16(11-18(19)29)21(30)26-13-4-2-12(3-5-13)20-27-23(32)35-28-20/h2-7,10-11,16,19H,1,8-9H2,(H,26,30)(H,27,28,32). The number of nitrogens with one attached hydrogen (secondary N) is 2. The number of hydrogen-bond donors (Lipinski definition) is 2. The Hall–Kier alpha value is -4.32. The van der Waals surface area contributed by atoms with Crippen LogP contribution in [0.15, 0.2) is 63.6 Å². The summed E-state index contributed by atoms with van der Waals surface area (Å²) in [5.74, 6) is -2.68. The zero-order valence-electron chi connectivity index (χ0n) is 18.2. The summed E-state index contributed by atoms with van der Waals surface area (Å²) in [4.78, 5) is 40.3. The van der Waals surface area contributed by atoms with Crippen molar-refractivity contribution in [3.05, 3.63) is 76.2 Å². The molecule has 1 aromatic heterocycles. The van der Waals surface area contributed by atoms with Gasteiger partial charge in [-0.05, 0) is 24.3 Å². The number of carbonyl (C=O) groups excluding carboxylic acids is 2. The van der Waals surface area contributed by atoms with Crippen molar-refractivity contribution in [3.8, 4) is 11.4 Å². The zero-order chi connectivity index (χ0) is 24.5. The number of H-pyrrole nitrogens is 1. The molecular weight excluding hydrogens is 458 g/mol. The molecule has 176 valence electrons. The fourth-order valence-corrected chi connectivity index (χ4v) is 4.02. The summed E-state index contributed by atoms with van der Waals surface area (Å²) >= 11 is 0. The summed E-state index contributed by atoms with van der Waals surface area (Å²) in [6, 6.07) is 10.9. The van der Waals surface area contributed by atoms with Gasteiger partial charge in [-0.1, -0.05) is 5.16 Å². The van der Waals surface area contributed by atoms with Gasteiger partial charge in [-0.25, -0.2) is 4.79 Å². The van der Waals surface area contributed by atoms with Gasteiger partial charge in [-0.2, -0.15) is 0 Å². The van der Waals surface area contributed by atoms with E-state index in [0.717, 1.165) is 12.8 Å². The molecule has 2 atom stereocenters. The van der Waals surface area contributed by atoms with Gasteiger partial charge in [0, 0.05) is 5.56 Å². The number of halogens is 1. The van der Waals surface area contributed by atoms with E-state index in [1.165, 1.54) is 12.1 Å². The molecule has 1 fully saturated rings. The summed E-state index contributed by atoms with van der Waals surface area (Å²) in [5, 5.41) is 6.47. The third-order valence-corrected chi connectivity index (χ3v) is 5.73. The number of carbonyl (C=O) groups is 2. The topological polar surface area (TPSA) is 127 Å². The number of morpholine rings is 1. The van der Waals surface area contributed by atoms with E-state index in [-0.39, 0.29) is 17.3 Å². The Labute approximate surface area is 198 Å². The normalized spacial score (nSPS) is 18.5. The third-order valence-electron chi connectivity index (χ3n) is 5.73. The van der Waals surface area contributed by atoms with Crippen LogP contribution >= 0.6 is 0 Å². The van der Waals surface area contributed by atoms with Crippen LogP contribution in [0.5, 0.6) is 0 Å². The number of benzene rings is 2. The average Bonchev–Trinajstić information content (AvgIpc) is 3.27. The van der Waals surface area contributed by atoms with E-state index in [0.29, 0.717) is 30.1 Å². The summed E-state index contributed by atoms with van der Waals surface area (Å²) in [6.07, 6.45) is 1.30. The van der Waals surface area contributed by atoms with Crippen molar-refractivity contribution >= 4 is 36.8 Å². The minimum atomic E-state index is -0.843. The molecule has 10 nitrogen and oxygen atoms in total. The van der Waals surface area contributed by atoms with Crippen LogP contribution in [0.3, 0.4) is 0 Å². The molecule has 0 radical (unpaired) electrons. The molecule has 2 N–H and O–H groups in total. The van der Waals surface area contributed by atoms with E-state index in [1.807, 2.05) is 4.90 Å². The molecule has 2 aliphatic rings. The second kappa shape index (κ2) is 9.14. The minimum absolute atomic E-state index is 0.210. The van der Waals surface area contributed by atoms with Gasteiger partial charge >= 0.3 is 143 Å². The number of ether oxygens (including phenoxy) is 1. The van der Waals surface area contributed by atoms with E-state index >= 15 is 0 Å². The number of nitrogens with zero attached hydrogens (tertiary/aromatic N) is 2. The van der Waals surface area contributed by atoms with E-state index in [2.05, 4.69) is 26.4 Å². The second-order valence-electron chi connectivity index (χ2n) is 7.81. The number of aromatic nitrogens is 2. The van der Waals surface area contributed by atoms with Gasteiger partial charge in [0.05, 0.1) is 0 Å². The molecule has 2 unspecified atom stereocenters. The Morgan fingerprint density at radius 2 is 2.06 bits per heavy atom. The van der Waals surface area contributed by atoms with Crippen molar-refractivity contribution in [1.29, 1.82) is 0 Å². The number of hydrogen-bond acceptors (Lipinski definition) is 8. The van der Waals surface area contributed by atoms with E-state index in [9.17, 15) is 18.8 Å². The average molecular weight is 476 g/mol. The molecule has 2 heterocycles. The van der Waals surface area contributed by atoms with Crippen LogP contribution in [0.25, 0.3) is 11.4 Å². The van der Waals surface area contributed by atoms with Crippen LogP contribution in [0.4, 0.5) is 15.8 Å². The Balaban J connectivity index is 1.30. The van der Waals surface area contributed by atoms with E-state index in [4.69, 9.17) is 9.39 Å². The number of anilines is 2. The van der Waals surface area contributed by atoms with Gasteiger partial charge in [-0.3, -0.25) is 9.51 Å². The molecule has 0 bridgehead atoms. The number of aromatic amines is 1. The van der Waals surface area contributed by atoms with E-state index in [1.54, 1.807) is 36.4 Å². The first-order valence-electron chi connectivity index (χ1n) is 10.6. The summed E-state index contributed by atoms with van der Waals surface area (Å²) in [7, 11) is 0.944. The number of rotatable bonds is 6. The molecule has 3 aromatic rings. The first-order valence-corrected chi connectivity index (χ1v) is 10.6. The SMILES string of the molecule is C=BOC(=O)c1cc(N2CCOC3C2=CC3C(=O)Nc2ccc(-c3noc(=O)[nH]3)cc2)ccc1F. The number of amides is 1. The van der Waals surface area contributed by atoms with Crippen molar-refractivity contribution < 1.29 is 27.9 Å².